The van der Waals surface area contributed by atoms with Crippen molar-refractivity contribution in [2.24, 2.45) is 0 Å². The Labute approximate surface area is 89.9 Å². The van der Waals surface area contributed by atoms with Crippen LogP contribution in [0.1, 0.15) is 0 Å². The number of hydrogen-bond donors (Lipinski definition) is 2. The second-order valence-corrected chi connectivity index (χ2v) is 5.44. The molecule has 0 aliphatic heterocycles. The quantitative estimate of drug-likeness (QED) is 0.743. The molecule has 0 amide bonds. The predicted molar refractivity (Wildman–Crippen MR) is 61.3 cm³/mol. The van der Waals surface area contributed by atoms with Crippen LogP contribution < -0.4 is 11.1 Å². The summed E-state index contributed by atoms with van der Waals surface area (Å²) in [5.74, 6) is 0. The van der Waals surface area contributed by atoms with Gasteiger partial charge in [0.15, 0.2) is 0 Å². The number of sulfonamides is 1. The normalized spacial score (nSPS) is 11.7. The number of nitrogens with two attached hydrogens (primary N) is 1. The van der Waals surface area contributed by atoms with Gasteiger partial charge in [0.25, 0.3) is 0 Å². The molecule has 0 unspecified atom stereocenters. The minimum absolute atomic E-state index is 0.198. The summed E-state index contributed by atoms with van der Waals surface area (Å²) in [7, 11) is 1.30. The van der Waals surface area contributed by atoms with Crippen molar-refractivity contribution in [3.63, 3.8) is 0 Å². The van der Waals surface area contributed by atoms with Crippen molar-refractivity contribution in [2.45, 2.75) is 4.90 Å². The zero-order valence-electron chi connectivity index (χ0n) is 8.98. The summed E-state index contributed by atoms with van der Waals surface area (Å²) in [5, 5.41) is 2.87. The highest BCUT2D eigenvalue weighted by molar-refractivity contribution is 7.89. The SMILES string of the molecule is CNc1ccc(S(=O)(=O)N(C)C)cc1N. The summed E-state index contributed by atoms with van der Waals surface area (Å²) >= 11 is 0. The van der Waals surface area contributed by atoms with Crippen molar-refractivity contribution >= 4 is 21.4 Å². The first kappa shape index (κ1) is 11.8. The number of rotatable bonds is 3. The fourth-order valence-electron chi connectivity index (χ4n) is 1.14. The van der Waals surface area contributed by atoms with Crippen LogP contribution in [0, 0.1) is 0 Å². The topological polar surface area (TPSA) is 75.4 Å². The molecule has 0 spiro atoms. The number of hydrogen-bond acceptors (Lipinski definition) is 4. The first-order chi connectivity index (χ1) is 6.89. The van der Waals surface area contributed by atoms with E-state index in [1.807, 2.05) is 0 Å². The van der Waals surface area contributed by atoms with Crippen LogP contribution in [0.5, 0.6) is 0 Å². The Morgan fingerprint density at radius 2 is 1.93 bits per heavy atom. The lowest BCUT2D eigenvalue weighted by Crippen LogP contribution is -2.22. The number of benzene rings is 1. The minimum Gasteiger partial charge on any atom is -0.397 e. The van der Waals surface area contributed by atoms with E-state index in [1.165, 1.54) is 26.2 Å². The lowest BCUT2D eigenvalue weighted by Gasteiger charge is -2.13. The molecule has 5 nitrogen and oxygen atoms in total. The lowest BCUT2D eigenvalue weighted by atomic mass is 10.3. The number of nitrogens with one attached hydrogen (secondary N) is 1. The maximum atomic E-state index is 11.7. The van der Waals surface area contributed by atoms with E-state index < -0.39 is 10.0 Å². The monoisotopic (exact) mass is 229 g/mol. The van der Waals surface area contributed by atoms with E-state index in [0.29, 0.717) is 11.4 Å². The van der Waals surface area contributed by atoms with Gasteiger partial charge in [-0.2, -0.15) is 0 Å². The molecule has 0 saturated heterocycles. The molecule has 0 heterocycles. The average molecular weight is 229 g/mol. The second kappa shape index (κ2) is 4.08. The number of nitrogens with zero attached hydrogens (tertiary/aromatic N) is 1. The summed E-state index contributed by atoms with van der Waals surface area (Å²) in [6.07, 6.45) is 0. The highest BCUT2D eigenvalue weighted by atomic mass is 32.2. The predicted octanol–water partition coefficient (Wildman–Crippen LogP) is 0.561. The van der Waals surface area contributed by atoms with Crippen molar-refractivity contribution in [2.75, 3.05) is 32.2 Å². The Balaban J connectivity index is 3.25. The second-order valence-electron chi connectivity index (χ2n) is 3.29. The molecule has 0 aliphatic rings. The molecule has 15 heavy (non-hydrogen) atoms. The van der Waals surface area contributed by atoms with Gasteiger partial charge in [0.05, 0.1) is 16.3 Å². The molecule has 0 aromatic heterocycles. The first-order valence-corrected chi connectivity index (χ1v) is 5.83. The van der Waals surface area contributed by atoms with Crippen LogP contribution in [0.4, 0.5) is 11.4 Å². The van der Waals surface area contributed by atoms with Crippen LogP contribution in [0.3, 0.4) is 0 Å². The molecule has 0 atom stereocenters. The Bertz CT molecular complexity index is 454. The van der Waals surface area contributed by atoms with E-state index >= 15 is 0 Å². The molecule has 84 valence electrons. The Morgan fingerprint density at radius 1 is 1.33 bits per heavy atom. The van der Waals surface area contributed by atoms with E-state index in [4.69, 9.17) is 5.73 Å². The van der Waals surface area contributed by atoms with Crippen molar-refractivity contribution in [3.8, 4) is 0 Å². The summed E-state index contributed by atoms with van der Waals surface area (Å²) in [4.78, 5) is 0.198. The molecule has 1 aromatic carbocycles. The largest absolute Gasteiger partial charge is 0.397 e. The van der Waals surface area contributed by atoms with Crippen molar-refractivity contribution in [1.82, 2.24) is 4.31 Å². The van der Waals surface area contributed by atoms with E-state index in [1.54, 1.807) is 13.1 Å². The van der Waals surface area contributed by atoms with Gasteiger partial charge in [-0.05, 0) is 18.2 Å². The zero-order chi connectivity index (χ0) is 11.6. The molecule has 3 N–H and O–H groups in total. The van der Waals surface area contributed by atoms with Crippen LogP contribution in [0.2, 0.25) is 0 Å². The van der Waals surface area contributed by atoms with E-state index in [9.17, 15) is 8.42 Å². The highest BCUT2D eigenvalue weighted by Gasteiger charge is 2.17. The molecule has 0 fully saturated rings. The molecule has 6 heteroatoms. The van der Waals surface area contributed by atoms with Gasteiger partial charge in [-0.25, -0.2) is 12.7 Å². The van der Waals surface area contributed by atoms with Crippen LogP contribution in [0.15, 0.2) is 23.1 Å². The molecule has 1 rings (SSSR count). The fraction of sp³-hybridized carbons (Fsp3) is 0.333. The first-order valence-electron chi connectivity index (χ1n) is 4.39. The molecule has 0 radical (unpaired) electrons. The van der Waals surface area contributed by atoms with Gasteiger partial charge in [0, 0.05) is 21.1 Å². The smallest absolute Gasteiger partial charge is 0.242 e. The molecule has 0 bridgehead atoms. The maximum Gasteiger partial charge on any atom is 0.242 e. The third kappa shape index (κ3) is 2.21. The van der Waals surface area contributed by atoms with Crippen molar-refractivity contribution in [1.29, 1.82) is 0 Å². The lowest BCUT2D eigenvalue weighted by molar-refractivity contribution is 0.521. The summed E-state index contributed by atoms with van der Waals surface area (Å²) in [6.45, 7) is 0. The van der Waals surface area contributed by atoms with Crippen LogP contribution in [-0.2, 0) is 10.0 Å². The van der Waals surface area contributed by atoms with Gasteiger partial charge in [-0.15, -0.1) is 0 Å². The maximum absolute atomic E-state index is 11.7. The van der Waals surface area contributed by atoms with Crippen LogP contribution >= 0.6 is 0 Å². The number of anilines is 2. The number of nitrogen functional groups attached to an aromatic ring is 1. The summed E-state index contributed by atoms with van der Waals surface area (Å²) in [6, 6.07) is 4.62. The zero-order valence-corrected chi connectivity index (χ0v) is 9.80. The standard InChI is InChI=1S/C9H15N3O2S/c1-11-9-5-4-7(6-8(9)10)15(13,14)12(2)3/h4-6,11H,10H2,1-3H3. The average Bonchev–Trinajstić information content (AvgIpc) is 2.17. The third-order valence-electron chi connectivity index (χ3n) is 2.07. The van der Waals surface area contributed by atoms with E-state index in [2.05, 4.69) is 5.32 Å². The van der Waals surface area contributed by atoms with Gasteiger partial charge < -0.3 is 11.1 Å². The Hall–Kier alpha value is -1.27. The van der Waals surface area contributed by atoms with Gasteiger partial charge >= 0.3 is 0 Å². The van der Waals surface area contributed by atoms with Gasteiger partial charge in [-0.1, -0.05) is 0 Å². The van der Waals surface area contributed by atoms with E-state index in [-0.39, 0.29) is 4.90 Å². The molecule has 0 aliphatic carbocycles. The van der Waals surface area contributed by atoms with Gasteiger partial charge in [0.1, 0.15) is 0 Å². The minimum atomic E-state index is -3.40. The van der Waals surface area contributed by atoms with E-state index in [0.717, 1.165) is 4.31 Å². The molecular formula is C9H15N3O2S. The van der Waals surface area contributed by atoms with Crippen LogP contribution in [0.25, 0.3) is 0 Å². The van der Waals surface area contributed by atoms with Gasteiger partial charge in [0.2, 0.25) is 10.0 Å². The van der Waals surface area contributed by atoms with Crippen molar-refractivity contribution in [3.05, 3.63) is 18.2 Å². The fourth-order valence-corrected chi connectivity index (χ4v) is 2.08. The molecular weight excluding hydrogens is 214 g/mol. The van der Waals surface area contributed by atoms with Gasteiger partial charge in [-0.3, -0.25) is 0 Å². The third-order valence-corrected chi connectivity index (χ3v) is 3.88. The Morgan fingerprint density at radius 3 is 2.33 bits per heavy atom. The van der Waals surface area contributed by atoms with Crippen molar-refractivity contribution < 1.29 is 8.42 Å². The summed E-state index contributed by atoms with van der Waals surface area (Å²) in [5.41, 5.74) is 6.82. The van der Waals surface area contributed by atoms with Crippen LogP contribution in [-0.4, -0.2) is 33.9 Å². The Kier molecular flexibility index (Phi) is 3.21. The summed E-state index contributed by atoms with van der Waals surface area (Å²) < 4.78 is 24.6. The highest BCUT2D eigenvalue weighted by Crippen LogP contribution is 2.23. The molecule has 1 aromatic rings. The molecule has 0 saturated carbocycles.